The molecule has 0 radical (unpaired) electrons. The lowest BCUT2D eigenvalue weighted by Crippen LogP contribution is -2.52. The standard InChI is InChI=1S/C17H20FN3O3/c18-12-7-10-8-15(22)16(17(23)24)21(11-1-2-11)13(10)9-14(12)20-5-3-19-4-6-20/h7,9,11,16,19H,1-6,8H2,(H,23,24). The van der Waals surface area contributed by atoms with E-state index in [1.54, 1.807) is 11.0 Å². The van der Waals surface area contributed by atoms with Gasteiger partial charge < -0.3 is 20.2 Å². The summed E-state index contributed by atoms with van der Waals surface area (Å²) in [5.74, 6) is -1.82. The van der Waals surface area contributed by atoms with E-state index in [4.69, 9.17) is 0 Å². The molecule has 1 saturated heterocycles. The molecule has 4 rings (SSSR count). The number of carbonyl (C=O) groups is 2. The summed E-state index contributed by atoms with van der Waals surface area (Å²) in [6, 6.07) is 2.08. The molecule has 128 valence electrons. The van der Waals surface area contributed by atoms with E-state index >= 15 is 0 Å². The Kier molecular flexibility index (Phi) is 3.68. The highest BCUT2D eigenvalue weighted by Gasteiger charge is 2.45. The van der Waals surface area contributed by atoms with Gasteiger partial charge in [-0.05, 0) is 30.5 Å². The number of halogens is 1. The number of nitrogens with one attached hydrogen (secondary N) is 1. The van der Waals surface area contributed by atoms with Crippen LogP contribution >= 0.6 is 0 Å². The Hall–Kier alpha value is -2.15. The van der Waals surface area contributed by atoms with Gasteiger partial charge in [-0.2, -0.15) is 0 Å². The van der Waals surface area contributed by atoms with E-state index in [2.05, 4.69) is 5.32 Å². The number of benzene rings is 1. The van der Waals surface area contributed by atoms with Crippen molar-refractivity contribution in [3.05, 3.63) is 23.5 Å². The van der Waals surface area contributed by atoms with Crippen molar-refractivity contribution in [3.8, 4) is 0 Å². The third-order valence-corrected chi connectivity index (χ3v) is 5.01. The zero-order valence-corrected chi connectivity index (χ0v) is 13.3. The number of carboxylic acid groups (broad SMARTS) is 1. The molecule has 1 atom stereocenters. The summed E-state index contributed by atoms with van der Waals surface area (Å²) >= 11 is 0. The van der Waals surface area contributed by atoms with Crippen LogP contribution in [0.2, 0.25) is 0 Å². The van der Waals surface area contributed by atoms with Gasteiger partial charge in [0.05, 0.1) is 5.69 Å². The molecule has 2 heterocycles. The van der Waals surface area contributed by atoms with Crippen molar-refractivity contribution in [1.82, 2.24) is 5.32 Å². The maximum Gasteiger partial charge on any atom is 0.334 e. The summed E-state index contributed by atoms with van der Waals surface area (Å²) in [7, 11) is 0. The van der Waals surface area contributed by atoms with E-state index < -0.39 is 12.0 Å². The van der Waals surface area contributed by atoms with E-state index in [-0.39, 0.29) is 24.1 Å². The van der Waals surface area contributed by atoms with Crippen LogP contribution < -0.4 is 15.1 Å². The molecular weight excluding hydrogens is 313 g/mol. The normalized spacial score (nSPS) is 24.0. The van der Waals surface area contributed by atoms with Crippen LogP contribution in [0.5, 0.6) is 0 Å². The van der Waals surface area contributed by atoms with E-state index in [1.807, 2.05) is 4.90 Å². The molecule has 1 unspecified atom stereocenters. The third-order valence-electron chi connectivity index (χ3n) is 5.01. The number of carboxylic acids is 1. The number of rotatable bonds is 3. The fraction of sp³-hybridized carbons (Fsp3) is 0.529. The smallest absolute Gasteiger partial charge is 0.334 e. The van der Waals surface area contributed by atoms with Gasteiger partial charge in [-0.25, -0.2) is 9.18 Å². The molecule has 1 saturated carbocycles. The van der Waals surface area contributed by atoms with E-state index in [1.165, 1.54) is 6.07 Å². The molecule has 6 nitrogen and oxygen atoms in total. The number of Topliss-reactive ketones (excluding diaryl/α,β-unsaturated/α-hetero) is 1. The Morgan fingerprint density at radius 1 is 1.21 bits per heavy atom. The maximum absolute atomic E-state index is 14.6. The maximum atomic E-state index is 14.6. The van der Waals surface area contributed by atoms with Gasteiger partial charge in [0.2, 0.25) is 0 Å². The minimum Gasteiger partial charge on any atom is -0.479 e. The van der Waals surface area contributed by atoms with Crippen LogP contribution in [0.4, 0.5) is 15.8 Å². The molecule has 1 aromatic rings. The molecule has 0 aromatic heterocycles. The number of nitrogens with zero attached hydrogens (tertiary/aromatic N) is 2. The fourth-order valence-electron chi connectivity index (χ4n) is 3.72. The summed E-state index contributed by atoms with van der Waals surface area (Å²) in [4.78, 5) is 27.6. The molecule has 3 aliphatic rings. The van der Waals surface area contributed by atoms with E-state index in [0.717, 1.165) is 25.9 Å². The minimum absolute atomic E-state index is 0.0196. The van der Waals surface area contributed by atoms with Gasteiger partial charge in [-0.15, -0.1) is 0 Å². The van der Waals surface area contributed by atoms with E-state index in [0.29, 0.717) is 30.0 Å². The van der Waals surface area contributed by atoms with Crippen molar-refractivity contribution in [3.63, 3.8) is 0 Å². The largest absolute Gasteiger partial charge is 0.479 e. The molecule has 2 fully saturated rings. The highest BCUT2D eigenvalue weighted by Crippen LogP contribution is 2.41. The summed E-state index contributed by atoms with van der Waals surface area (Å²) < 4.78 is 14.6. The Bertz CT molecular complexity index is 699. The first-order valence-corrected chi connectivity index (χ1v) is 8.38. The van der Waals surface area contributed by atoms with Crippen LogP contribution in [0.3, 0.4) is 0 Å². The molecule has 24 heavy (non-hydrogen) atoms. The van der Waals surface area contributed by atoms with Crippen LogP contribution in [0.15, 0.2) is 12.1 Å². The van der Waals surface area contributed by atoms with Gasteiger partial charge in [-0.3, -0.25) is 4.79 Å². The molecule has 0 spiro atoms. The number of hydrogen-bond donors (Lipinski definition) is 2. The minimum atomic E-state index is -1.15. The highest BCUT2D eigenvalue weighted by molar-refractivity contribution is 6.09. The average Bonchev–Trinajstić information content (AvgIpc) is 3.38. The SMILES string of the molecule is O=C(O)C1C(=O)Cc2cc(F)c(N3CCNCC3)cc2N1C1CC1. The predicted octanol–water partition coefficient (Wildman–Crippen LogP) is 0.783. The number of hydrogen-bond acceptors (Lipinski definition) is 5. The molecule has 0 bridgehead atoms. The first-order chi connectivity index (χ1) is 11.6. The quantitative estimate of drug-likeness (QED) is 0.797. The van der Waals surface area contributed by atoms with Gasteiger partial charge in [0.1, 0.15) is 5.82 Å². The number of carbonyl (C=O) groups excluding carboxylic acids is 1. The van der Waals surface area contributed by atoms with Gasteiger partial charge >= 0.3 is 5.97 Å². The second-order valence-corrected chi connectivity index (χ2v) is 6.69. The van der Waals surface area contributed by atoms with E-state index in [9.17, 15) is 19.1 Å². The lowest BCUT2D eigenvalue weighted by molar-refractivity contribution is -0.142. The van der Waals surface area contributed by atoms with Crippen LogP contribution in [-0.2, 0) is 16.0 Å². The second kappa shape index (κ2) is 5.73. The molecule has 1 aliphatic carbocycles. The summed E-state index contributed by atoms with van der Waals surface area (Å²) in [6.45, 7) is 3.00. The molecule has 0 amide bonds. The van der Waals surface area contributed by atoms with Crippen molar-refractivity contribution < 1.29 is 19.1 Å². The van der Waals surface area contributed by atoms with Crippen LogP contribution in [0, 0.1) is 5.82 Å². The van der Waals surface area contributed by atoms with Crippen molar-refractivity contribution >= 4 is 23.1 Å². The van der Waals surface area contributed by atoms with Gasteiger partial charge in [0.15, 0.2) is 11.8 Å². The topological polar surface area (TPSA) is 72.9 Å². The number of anilines is 2. The molecule has 1 aromatic carbocycles. The monoisotopic (exact) mass is 333 g/mol. The summed E-state index contributed by atoms with van der Waals surface area (Å²) in [5, 5.41) is 12.7. The Morgan fingerprint density at radius 3 is 2.54 bits per heavy atom. The summed E-state index contributed by atoms with van der Waals surface area (Å²) in [6.07, 6.45) is 1.72. The average molecular weight is 333 g/mol. The van der Waals surface area contributed by atoms with Crippen LogP contribution in [0.25, 0.3) is 0 Å². The van der Waals surface area contributed by atoms with Gasteiger partial charge in [0, 0.05) is 44.3 Å². The molecule has 2 aliphatic heterocycles. The van der Waals surface area contributed by atoms with Crippen molar-refractivity contribution in [2.45, 2.75) is 31.3 Å². The number of fused-ring (bicyclic) bond motifs is 1. The lowest BCUT2D eigenvalue weighted by atomic mass is 9.93. The molecule has 2 N–H and O–H groups in total. The zero-order valence-electron chi connectivity index (χ0n) is 13.3. The van der Waals surface area contributed by atoms with Crippen LogP contribution in [-0.4, -0.2) is 55.1 Å². The van der Waals surface area contributed by atoms with Crippen LogP contribution in [0.1, 0.15) is 18.4 Å². The Balaban J connectivity index is 1.78. The number of ketones is 1. The summed E-state index contributed by atoms with van der Waals surface area (Å²) in [5.41, 5.74) is 1.81. The van der Waals surface area contributed by atoms with Gasteiger partial charge in [-0.1, -0.05) is 0 Å². The Labute approximate surface area is 139 Å². The zero-order chi connectivity index (χ0) is 16.8. The fourth-order valence-corrected chi connectivity index (χ4v) is 3.72. The second-order valence-electron chi connectivity index (χ2n) is 6.69. The first-order valence-electron chi connectivity index (χ1n) is 8.38. The first kappa shape index (κ1) is 15.4. The predicted molar refractivity (Wildman–Crippen MR) is 87.1 cm³/mol. The molecular formula is C17H20FN3O3. The lowest BCUT2D eigenvalue weighted by Gasteiger charge is -2.37. The Morgan fingerprint density at radius 2 is 1.92 bits per heavy atom. The van der Waals surface area contributed by atoms with Crippen molar-refractivity contribution in [1.29, 1.82) is 0 Å². The van der Waals surface area contributed by atoms with Crippen molar-refractivity contribution in [2.75, 3.05) is 36.0 Å². The van der Waals surface area contributed by atoms with Crippen molar-refractivity contribution in [2.24, 2.45) is 0 Å². The number of aliphatic carboxylic acids is 1. The molecule has 7 heteroatoms. The number of piperazine rings is 1. The third kappa shape index (κ3) is 2.53. The highest BCUT2D eigenvalue weighted by atomic mass is 19.1. The van der Waals surface area contributed by atoms with Gasteiger partial charge in [0.25, 0.3) is 0 Å².